The normalized spacial score (nSPS) is 22.4. The summed E-state index contributed by atoms with van der Waals surface area (Å²) >= 11 is 0. The van der Waals surface area contributed by atoms with E-state index in [9.17, 15) is 13.2 Å². The molecule has 1 amide bonds. The van der Waals surface area contributed by atoms with Crippen molar-refractivity contribution in [3.63, 3.8) is 0 Å². The van der Waals surface area contributed by atoms with Gasteiger partial charge in [0.1, 0.15) is 0 Å². The zero-order valence-electron chi connectivity index (χ0n) is 15.1. The van der Waals surface area contributed by atoms with Crippen LogP contribution in [0.1, 0.15) is 49.9 Å². The number of nitrogens with one attached hydrogen (secondary N) is 2. The maximum absolute atomic E-state index is 12.4. The van der Waals surface area contributed by atoms with Gasteiger partial charge in [0.05, 0.1) is 11.5 Å². The molecule has 0 spiro atoms. The molecule has 2 N–H and O–H groups in total. The number of ether oxygens (including phenoxy) is 1. The average molecular weight is 368 g/mol. The van der Waals surface area contributed by atoms with Crippen LogP contribution in [0.2, 0.25) is 0 Å². The number of rotatable bonds is 7. The summed E-state index contributed by atoms with van der Waals surface area (Å²) in [7, 11) is -2.10. The number of carbonyl (C=O) groups excluding carboxylic acids is 1. The molecule has 1 aliphatic carbocycles. The summed E-state index contributed by atoms with van der Waals surface area (Å²) in [6.07, 6.45) is 4.49. The molecule has 1 aromatic carbocycles. The van der Waals surface area contributed by atoms with E-state index in [1.165, 1.54) is 25.7 Å². The molecule has 3 atom stereocenters. The van der Waals surface area contributed by atoms with Gasteiger partial charge in [0.2, 0.25) is 10.0 Å². The van der Waals surface area contributed by atoms with E-state index in [1.807, 2.05) is 0 Å². The fraction of sp³-hybridized carbons (Fsp3) is 0.611. The third-order valence-electron chi connectivity index (χ3n) is 4.63. The molecule has 0 unspecified atom stereocenters. The van der Waals surface area contributed by atoms with E-state index in [-0.39, 0.29) is 22.9 Å². The van der Waals surface area contributed by atoms with E-state index in [1.54, 1.807) is 19.1 Å². The third-order valence-corrected chi connectivity index (χ3v) is 6.23. The summed E-state index contributed by atoms with van der Waals surface area (Å²) in [5.41, 5.74) is 0.474. The van der Waals surface area contributed by atoms with Crippen molar-refractivity contribution in [1.82, 2.24) is 10.0 Å². The Kier molecular flexibility index (Phi) is 6.98. The van der Waals surface area contributed by atoms with Crippen LogP contribution >= 0.6 is 0 Å². The maximum Gasteiger partial charge on any atom is 0.251 e. The van der Waals surface area contributed by atoms with Gasteiger partial charge in [0.25, 0.3) is 5.91 Å². The second-order valence-corrected chi connectivity index (χ2v) is 8.56. The van der Waals surface area contributed by atoms with Crippen molar-refractivity contribution in [2.45, 2.75) is 56.5 Å². The number of benzene rings is 1. The van der Waals surface area contributed by atoms with Crippen LogP contribution in [0, 0.1) is 5.92 Å². The predicted octanol–water partition coefficient (Wildman–Crippen LogP) is 2.31. The van der Waals surface area contributed by atoms with E-state index < -0.39 is 10.0 Å². The molecule has 0 aliphatic heterocycles. The SMILES string of the molecule is COC[C@H](C)NS(=O)(=O)c1ccc(C(=O)N[C@@H]2CCCC[C@@H]2C)cc1. The van der Waals surface area contributed by atoms with Crippen LogP contribution < -0.4 is 10.0 Å². The number of hydrogen-bond donors (Lipinski definition) is 2. The van der Waals surface area contributed by atoms with Crippen molar-refractivity contribution in [1.29, 1.82) is 0 Å². The highest BCUT2D eigenvalue weighted by molar-refractivity contribution is 7.89. The summed E-state index contributed by atoms with van der Waals surface area (Å²) in [5, 5.41) is 3.07. The van der Waals surface area contributed by atoms with E-state index in [4.69, 9.17) is 4.74 Å². The summed E-state index contributed by atoms with van der Waals surface area (Å²) in [4.78, 5) is 12.5. The van der Waals surface area contributed by atoms with Gasteiger partial charge >= 0.3 is 0 Å². The minimum Gasteiger partial charge on any atom is -0.383 e. The highest BCUT2D eigenvalue weighted by Gasteiger charge is 2.23. The predicted molar refractivity (Wildman–Crippen MR) is 97.0 cm³/mol. The lowest BCUT2D eigenvalue weighted by Crippen LogP contribution is -2.41. The van der Waals surface area contributed by atoms with Gasteiger partial charge in [-0.05, 0) is 49.9 Å². The molecule has 1 saturated carbocycles. The van der Waals surface area contributed by atoms with Gasteiger partial charge in [0, 0.05) is 24.8 Å². The molecule has 0 aromatic heterocycles. The Hall–Kier alpha value is -1.44. The second-order valence-electron chi connectivity index (χ2n) is 6.84. The van der Waals surface area contributed by atoms with Gasteiger partial charge in [-0.2, -0.15) is 0 Å². The molecule has 1 aromatic rings. The van der Waals surface area contributed by atoms with Crippen LogP contribution in [0.3, 0.4) is 0 Å². The fourth-order valence-electron chi connectivity index (χ4n) is 3.18. The van der Waals surface area contributed by atoms with Gasteiger partial charge in [0.15, 0.2) is 0 Å². The van der Waals surface area contributed by atoms with E-state index in [2.05, 4.69) is 17.0 Å². The summed E-state index contributed by atoms with van der Waals surface area (Å²) in [6.45, 7) is 4.18. The number of carbonyl (C=O) groups is 1. The van der Waals surface area contributed by atoms with Crippen molar-refractivity contribution in [3.05, 3.63) is 29.8 Å². The van der Waals surface area contributed by atoms with Gasteiger partial charge in [-0.15, -0.1) is 0 Å². The highest BCUT2D eigenvalue weighted by atomic mass is 32.2. The monoisotopic (exact) mass is 368 g/mol. The third kappa shape index (κ3) is 5.52. The lowest BCUT2D eigenvalue weighted by molar-refractivity contribution is 0.0910. The molecule has 0 radical (unpaired) electrons. The van der Waals surface area contributed by atoms with Crippen molar-refractivity contribution < 1.29 is 17.9 Å². The van der Waals surface area contributed by atoms with Crippen LogP contribution in [-0.2, 0) is 14.8 Å². The Labute approximate surface area is 150 Å². The Bertz CT molecular complexity index is 673. The first-order chi connectivity index (χ1) is 11.8. The molecule has 6 nitrogen and oxygen atoms in total. The van der Waals surface area contributed by atoms with Gasteiger partial charge < -0.3 is 10.1 Å². The van der Waals surface area contributed by atoms with E-state index in [0.717, 1.165) is 19.3 Å². The van der Waals surface area contributed by atoms with Gasteiger partial charge in [-0.1, -0.05) is 19.8 Å². The van der Waals surface area contributed by atoms with Crippen molar-refractivity contribution in [3.8, 4) is 0 Å². The smallest absolute Gasteiger partial charge is 0.251 e. The first kappa shape index (κ1) is 19.9. The molecule has 1 fully saturated rings. The van der Waals surface area contributed by atoms with Crippen molar-refractivity contribution >= 4 is 15.9 Å². The Morgan fingerprint density at radius 2 is 1.88 bits per heavy atom. The van der Waals surface area contributed by atoms with Gasteiger partial charge in [-0.3, -0.25) is 4.79 Å². The fourth-order valence-corrected chi connectivity index (χ4v) is 4.41. The maximum atomic E-state index is 12.4. The first-order valence-electron chi connectivity index (χ1n) is 8.75. The number of sulfonamides is 1. The Balaban J connectivity index is 2.02. The second kappa shape index (κ2) is 8.78. The number of hydrogen-bond acceptors (Lipinski definition) is 4. The summed E-state index contributed by atoms with van der Waals surface area (Å²) < 4.78 is 32.1. The quantitative estimate of drug-likeness (QED) is 0.773. The molecular formula is C18H28N2O4S. The zero-order chi connectivity index (χ0) is 18.4. The van der Waals surface area contributed by atoms with Crippen LogP contribution in [-0.4, -0.2) is 40.1 Å². The lowest BCUT2D eigenvalue weighted by atomic mass is 9.86. The van der Waals surface area contributed by atoms with Crippen LogP contribution in [0.15, 0.2) is 29.2 Å². The minimum absolute atomic E-state index is 0.137. The van der Waals surface area contributed by atoms with Crippen molar-refractivity contribution in [2.24, 2.45) is 5.92 Å². The number of methoxy groups -OCH3 is 1. The molecule has 0 saturated heterocycles. The van der Waals surface area contributed by atoms with Crippen LogP contribution in [0.4, 0.5) is 0 Å². The molecule has 1 aliphatic rings. The molecule has 25 heavy (non-hydrogen) atoms. The standard InChI is InChI=1S/C18H28N2O4S/c1-13-6-4-5-7-17(13)19-18(21)15-8-10-16(11-9-15)25(22,23)20-14(2)12-24-3/h8-11,13-14,17,20H,4-7,12H2,1-3H3,(H,19,21)/t13-,14-,17+/m0/s1. The Morgan fingerprint density at radius 3 is 2.48 bits per heavy atom. The minimum atomic E-state index is -3.62. The summed E-state index contributed by atoms with van der Waals surface area (Å²) in [5.74, 6) is 0.326. The molecule has 0 bridgehead atoms. The van der Waals surface area contributed by atoms with Gasteiger partial charge in [-0.25, -0.2) is 13.1 Å². The number of amides is 1. The highest BCUT2D eigenvalue weighted by Crippen LogP contribution is 2.24. The average Bonchev–Trinajstić information content (AvgIpc) is 2.57. The van der Waals surface area contributed by atoms with Crippen LogP contribution in [0.5, 0.6) is 0 Å². The largest absolute Gasteiger partial charge is 0.383 e. The van der Waals surface area contributed by atoms with E-state index in [0.29, 0.717) is 18.1 Å². The molecular weight excluding hydrogens is 340 g/mol. The molecule has 0 heterocycles. The zero-order valence-corrected chi connectivity index (χ0v) is 15.9. The molecule has 140 valence electrons. The Morgan fingerprint density at radius 1 is 1.24 bits per heavy atom. The van der Waals surface area contributed by atoms with E-state index >= 15 is 0 Å². The molecule has 2 rings (SSSR count). The first-order valence-corrected chi connectivity index (χ1v) is 10.2. The molecule has 7 heteroatoms. The lowest BCUT2D eigenvalue weighted by Gasteiger charge is -2.29. The topological polar surface area (TPSA) is 84.5 Å². The van der Waals surface area contributed by atoms with Crippen LogP contribution in [0.25, 0.3) is 0 Å². The van der Waals surface area contributed by atoms with Crippen molar-refractivity contribution in [2.75, 3.05) is 13.7 Å². The summed E-state index contributed by atoms with van der Waals surface area (Å²) in [6, 6.07) is 5.89.